The molecule has 1 aliphatic heterocycles. The van der Waals surface area contributed by atoms with E-state index < -0.39 is 39.9 Å². The number of sulfonamides is 1. The van der Waals surface area contributed by atoms with Gasteiger partial charge in [-0.25, -0.2) is 18.4 Å². The number of benzene rings is 2. The van der Waals surface area contributed by atoms with Gasteiger partial charge in [-0.3, -0.25) is 9.59 Å². The summed E-state index contributed by atoms with van der Waals surface area (Å²) in [5.74, 6) is -0.876. The predicted octanol–water partition coefficient (Wildman–Crippen LogP) is 3.03. The second-order valence-corrected chi connectivity index (χ2v) is 13.0. The Labute approximate surface area is 251 Å². The first-order valence-corrected chi connectivity index (χ1v) is 15.5. The number of rotatable bonds is 11. The van der Waals surface area contributed by atoms with Gasteiger partial charge in [0.25, 0.3) is 5.91 Å². The molecule has 13 heteroatoms. The lowest BCUT2D eigenvalue weighted by molar-refractivity contribution is -0.138. The highest BCUT2D eigenvalue weighted by atomic mass is 32.2. The standard InChI is InChI=1S/C30H38N6O6S/c1-30(2,3)22-8-5-6-9-26(22)43(40,41)35-23(28(38)39)19-33-27(37)20-10-11-24(25(18-20)42-4)36-16-12-21(13-17-36)34-29-31-14-7-15-32-29/h5-11,14-15,18,21,23,35H,12-13,16-17,19H2,1-4H3,(H,33,37)(H,38,39)(H,31,32,34)/t23-/m0/s1. The van der Waals surface area contributed by atoms with Crippen molar-refractivity contribution in [1.29, 1.82) is 0 Å². The topological polar surface area (TPSA) is 163 Å². The highest BCUT2D eigenvalue weighted by Crippen LogP contribution is 2.32. The number of carboxylic acids is 1. The van der Waals surface area contributed by atoms with Gasteiger partial charge in [-0.05, 0) is 54.2 Å². The Kier molecular flexibility index (Phi) is 9.87. The fourth-order valence-electron chi connectivity index (χ4n) is 4.95. The quantitative estimate of drug-likeness (QED) is 0.254. The maximum Gasteiger partial charge on any atom is 0.323 e. The predicted molar refractivity (Wildman–Crippen MR) is 163 cm³/mol. The van der Waals surface area contributed by atoms with Gasteiger partial charge in [0.15, 0.2) is 0 Å². The molecule has 3 aromatic rings. The number of methoxy groups -OCH3 is 1. The zero-order chi connectivity index (χ0) is 31.2. The van der Waals surface area contributed by atoms with Crippen LogP contribution in [0.5, 0.6) is 5.75 Å². The van der Waals surface area contributed by atoms with E-state index in [9.17, 15) is 23.1 Å². The fourth-order valence-corrected chi connectivity index (χ4v) is 6.56. The van der Waals surface area contributed by atoms with Crippen LogP contribution >= 0.6 is 0 Å². The molecule has 0 bridgehead atoms. The zero-order valence-electron chi connectivity index (χ0n) is 24.7. The summed E-state index contributed by atoms with van der Waals surface area (Å²) in [6, 6.07) is 11.9. The molecule has 1 aromatic heterocycles. The Morgan fingerprint density at radius 3 is 2.37 bits per heavy atom. The number of carbonyl (C=O) groups is 2. The van der Waals surface area contributed by atoms with E-state index in [1.807, 2.05) is 20.8 Å². The summed E-state index contributed by atoms with van der Waals surface area (Å²) < 4.78 is 34.2. The number of carbonyl (C=O) groups excluding carboxylic acids is 1. The minimum atomic E-state index is -4.20. The number of nitrogens with zero attached hydrogens (tertiary/aromatic N) is 3. The van der Waals surface area contributed by atoms with Gasteiger partial charge in [0, 0.05) is 43.6 Å². The van der Waals surface area contributed by atoms with E-state index in [1.54, 1.807) is 54.9 Å². The third-order valence-corrected chi connectivity index (χ3v) is 8.75. The van der Waals surface area contributed by atoms with E-state index >= 15 is 0 Å². The molecular weight excluding hydrogens is 572 g/mol. The van der Waals surface area contributed by atoms with Gasteiger partial charge in [0.2, 0.25) is 16.0 Å². The van der Waals surface area contributed by atoms with Gasteiger partial charge in [0.05, 0.1) is 17.7 Å². The summed E-state index contributed by atoms with van der Waals surface area (Å²) in [6.45, 7) is 6.67. The molecule has 1 amide bonds. The second kappa shape index (κ2) is 13.4. The van der Waals surface area contributed by atoms with Crippen LogP contribution in [0.3, 0.4) is 0 Å². The van der Waals surface area contributed by atoms with Crippen LogP contribution < -0.4 is 25.0 Å². The third kappa shape index (κ3) is 7.99. The molecular formula is C30H38N6O6S. The van der Waals surface area contributed by atoms with Crippen LogP contribution in [0.15, 0.2) is 65.8 Å². The minimum Gasteiger partial charge on any atom is -0.495 e. The molecule has 0 aliphatic carbocycles. The highest BCUT2D eigenvalue weighted by molar-refractivity contribution is 7.89. The van der Waals surface area contributed by atoms with E-state index in [-0.39, 0.29) is 16.5 Å². The molecule has 1 aliphatic rings. The molecule has 0 radical (unpaired) electrons. The normalized spacial score (nSPS) is 15.0. The first kappa shape index (κ1) is 31.7. The Morgan fingerprint density at radius 1 is 1.07 bits per heavy atom. The van der Waals surface area contributed by atoms with Crippen LogP contribution in [-0.4, -0.2) is 74.2 Å². The summed E-state index contributed by atoms with van der Waals surface area (Å²) in [5, 5.41) is 15.6. The molecule has 2 aromatic carbocycles. The number of ether oxygens (including phenoxy) is 1. The molecule has 0 unspecified atom stereocenters. The number of amides is 1. The summed E-state index contributed by atoms with van der Waals surface area (Å²) in [4.78, 5) is 35.6. The van der Waals surface area contributed by atoms with Crippen molar-refractivity contribution < 1.29 is 27.9 Å². The Hall–Kier alpha value is -4.23. The average Bonchev–Trinajstić information content (AvgIpc) is 2.99. The monoisotopic (exact) mass is 610 g/mol. The van der Waals surface area contributed by atoms with Crippen molar-refractivity contribution in [3.63, 3.8) is 0 Å². The molecule has 43 heavy (non-hydrogen) atoms. The molecule has 4 rings (SSSR count). The fraction of sp³-hybridized carbons (Fsp3) is 0.400. The number of aliphatic carboxylic acids is 1. The number of hydrogen-bond acceptors (Lipinski definition) is 9. The molecule has 4 N–H and O–H groups in total. The Balaban J connectivity index is 1.39. The number of piperidine rings is 1. The lowest BCUT2D eigenvalue weighted by Crippen LogP contribution is -2.48. The number of nitrogens with one attached hydrogen (secondary N) is 3. The number of aromatic nitrogens is 2. The van der Waals surface area contributed by atoms with Crippen molar-refractivity contribution in [2.24, 2.45) is 0 Å². The molecule has 0 spiro atoms. The first-order chi connectivity index (χ1) is 20.4. The highest BCUT2D eigenvalue weighted by Gasteiger charge is 2.30. The van der Waals surface area contributed by atoms with Crippen LogP contribution in [-0.2, 0) is 20.2 Å². The number of hydrogen-bond donors (Lipinski definition) is 4. The number of carboxylic acid groups (broad SMARTS) is 1. The van der Waals surface area contributed by atoms with E-state index in [2.05, 4.69) is 30.2 Å². The lowest BCUT2D eigenvalue weighted by atomic mass is 9.87. The summed E-state index contributed by atoms with van der Waals surface area (Å²) in [7, 11) is -2.68. The molecule has 1 atom stereocenters. The van der Waals surface area contributed by atoms with Crippen molar-refractivity contribution in [2.45, 2.75) is 56.0 Å². The largest absolute Gasteiger partial charge is 0.495 e. The number of anilines is 2. The van der Waals surface area contributed by atoms with Crippen molar-refractivity contribution in [1.82, 2.24) is 20.0 Å². The molecule has 2 heterocycles. The summed E-state index contributed by atoms with van der Waals surface area (Å²) >= 11 is 0. The lowest BCUT2D eigenvalue weighted by Gasteiger charge is -2.34. The van der Waals surface area contributed by atoms with Crippen LogP contribution in [0.2, 0.25) is 0 Å². The van der Waals surface area contributed by atoms with Crippen LogP contribution in [0.25, 0.3) is 0 Å². The maximum atomic E-state index is 13.2. The first-order valence-electron chi connectivity index (χ1n) is 14.0. The Morgan fingerprint density at radius 2 is 1.74 bits per heavy atom. The van der Waals surface area contributed by atoms with Crippen molar-refractivity contribution in [2.75, 3.05) is 37.0 Å². The second-order valence-electron chi connectivity index (χ2n) is 11.3. The van der Waals surface area contributed by atoms with Gasteiger partial charge in [0.1, 0.15) is 11.8 Å². The van der Waals surface area contributed by atoms with Gasteiger partial charge >= 0.3 is 5.97 Å². The van der Waals surface area contributed by atoms with Crippen LogP contribution in [0.4, 0.5) is 11.6 Å². The minimum absolute atomic E-state index is 0.00591. The molecule has 0 saturated carbocycles. The van der Waals surface area contributed by atoms with Gasteiger partial charge in [-0.1, -0.05) is 39.0 Å². The van der Waals surface area contributed by atoms with Crippen LogP contribution in [0, 0.1) is 0 Å². The van der Waals surface area contributed by atoms with Gasteiger partial charge in [-0.2, -0.15) is 4.72 Å². The zero-order valence-corrected chi connectivity index (χ0v) is 25.5. The van der Waals surface area contributed by atoms with Crippen molar-refractivity contribution in [3.05, 3.63) is 72.1 Å². The molecule has 1 saturated heterocycles. The SMILES string of the molecule is COc1cc(C(=O)NC[C@H](NS(=O)(=O)c2ccccc2C(C)(C)C)C(=O)O)ccc1N1CCC(Nc2ncccn2)CC1. The molecule has 12 nitrogen and oxygen atoms in total. The van der Waals surface area contributed by atoms with E-state index in [1.165, 1.54) is 13.2 Å². The van der Waals surface area contributed by atoms with Gasteiger partial charge in [-0.15, -0.1) is 0 Å². The smallest absolute Gasteiger partial charge is 0.323 e. The maximum absolute atomic E-state index is 13.2. The summed E-state index contributed by atoms with van der Waals surface area (Å²) in [5.41, 5.74) is 1.15. The van der Waals surface area contributed by atoms with Gasteiger partial charge < -0.3 is 25.4 Å². The average molecular weight is 611 g/mol. The van der Waals surface area contributed by atoms with Crippen molar-refractivity contribution >= 4 is 33.5 Å². The van der Waals surface area contributed by atoms with E-state index in [0.717, 1.165) is 31.6 Å². The summed E-state index contributed by atoms with van der Waals surface area (Å²) in [6.07, 6.45) is 5.10. The molecule has 230 valence electrons. The Bertz CT molecular complexity index is 1540. The molecule has 1 fully saturated rings. The van der Waals surface area contributed by atoms with E-state index in [4.69, 9.17) is 4.74 Å². The van der Waals surface area contributed by atoms with Crippen molar-refractivity contribution in [3.8, 4) is 5.75 Å². The van der Waals surface area contributed by atoms with E-state index in [0.29, 0.717) is 17.3 Å². The third-order valence-electron chi connectivity index (χ3n) is 7.22. The van der Waals surface area contributed by atoms with Crippen LogP contribution in [0.1, 0.15) is 49.5 Å².